The van der Waals surface area contributed by atoms with Crippen molar-refractivity contribution in [3.8, 4) is 0 Å². The standard InChI is InChI=1S/C24H26ClN3O3/c1-17-21(25)11-6-12-22(17)26-24-27-23(30)19(14-20(29)10-7-13-31-2)16-28(24)15-18-8-4-3-5-9-18/h3-6,8-9,11-12,16H,7,10,13-15H2,1-2H3,(H,26,27,30). The van der Waals surface area contributed by atoms with E-state index in [0.29, 0.717) is 42.5 Å². The Morgan fingerprint density at radius 1 is 1.16 bits per heavy atom. The third-order valence-electron chi connectivity index (χ3n) is 4.97. The third-order valence-corrected chi connectivity index (χ3v) is 5.38. The molecule has 0 spiro atoms. The molecule has 3 aromatic rings. The second-order valence-corrected chi connectivity index (χ2v) is 7.76. The maximum Gasteiger partial charge on any atom is 0.278 e. The number of ether oxygens (including phenoxy) is 1. The summed E-state index contributed by atoms with van der Waals surface area (Å²) in [5.74, 6) is 0.392. The summed E-state index contributed by atoms with van der Waals surface area (Å²) in [6, 6.07) is 15.4. The fraction of sp³-hybridized carbons (Fsp3) is 0.292. The molecule has 0 aliphatic heterocycles. The summed E-state index contributed by atoms with van der Waals surface area (Å²) in [6.07, 6.45) is 2.78. The highest BCUT2D eigenvalue weighted by molar-refractivity contribution is 6.31. The van der Waals surface area contributed by atoms with Crippen LogP contribution in [0, 0.1) is 6.92 Å². The van der Waals surface area contributed by atoms with Crippen molar-refractivity contribution in [1.29, 1.82) is 0 Å². The molecule has 0 aliphatic carbocycles. The van der Waals surface area contributed by atoms with Crippen LogP contribution in [0.3, 0.4) is 0 Å². The summed E-state index contributed by atoms with van der Waals surface area (Å²) in [5, 5.41) is 3.86. The first-order valence-electron chi connectivity index (χ1n) is 10.1. The quantitative estimate of drug-likeness (QED) is 0.469. The molecule has 0 aliphatic rings. The lowest BCUT2D eigenvalue weighted by atomic mass is 10.1. The molecule has 3 rings (SSSR count). The first-order valence-corrected chi connectivity index (χ1v) is 10.5. The Balaban J connectivity index is 1.93. The molecule has 162 valence electrons. The van der Waals surface area contributed by atoms with Gasteiger partial charge in [-0.3, -0.25) is 9.59 Å². The number of benzene rings is 2. The number of Topliss-reactive ketones (excluding diaryl/α,β-unsaturated/α-hetero) is 1. The van der Waals surface area contributed by atoms with Crippen LogP contribution in [0.5, 0.6) is 0 Å². The van der Waals surface area contributed by atoms with Crippen LogP contribution < -0.4 is 10.9 Å². The summed E-state index contributed by atoms with van der Waals surface area (Å²) in [4.78, 5) is 29.3. The minimum absolute atomic E-state index is 0.00592. The molecule has 0 saturated carbocycles. The first kappa shape index (κ1) is 22.7. The normalized spacial score (nSPS) is 10.8. The molecule has 0 amide bonds. The van der Waals surface area contributed by atoms with Gasteiger partial charge in [0, 0.05) is 49.0 Å². The summed E-state index contributed by atoms with van der Waals surface area (Å²) in [5.41, 5.74) is 2.65. The molecule has 0 radical (unpaired) electrons. The summed E-state index contributed by atoms with van der Waals surface area (Å²) in [7, 11) is 1.60. The average molecular weight is 440 g/mol. The van der Waals surface area contributed by atoms with E-state index in [1.54, 1.807) is 13.3 Å². The Morgan fingerprint density at radius 2 is 1.94 bits per heavy atom. The van der Waals surface area contributed by atoms with E-state index in [2.05, 4.69) is 10.3 Å². The van der Waals surface area contributed by atoms with E-state index in [1.807, 2.05) is 60.0 Å². The van der Waals surface area contributed by atoms with Gasteiger partial charge in [-0.1, -0.05) is 48.0 Å². The Bertz CT molecular complexity index is 1100. The van der Waals surface area contributed by atoms with E-state index in [1.165, 1.54) is 0 Å². The Morgan fingerprint density at radius 3 is 2.68 bits per heavy atom. The number of nitrogens with zero attached hydrogens (tertiary/aromatic N) is 2. The maximum absolute atomic E-state index is 12.7. The molecular weight excluding hydrogens is 414 g/mol. The van der Waals surface area contributed by atoms with E-state index in [-0.39, 0.29) is 12.2 Å². The number of anilines is 2. The Hall–Kier alpha value is -2.96. The van der Waals surface area contributed by atoms with Gasteiger partial charge >= 0.3 is 0 Å². The fourth-order valence-corrected chi connectivity index (χ4v) is 3.41. The molecule has 31 heavy (non-hydrogen) atoms. The molecule has 0 bridgehead atoms. The van der Waals surface area contributed by atoms with Gasteiger partial charge < -0.3 is 14.6 Å². The van der Waals surface area contributed by atoms with Crippen molar-refractivity contribution in [3.63, 3.8) is 0 Å². The molecule has 0 fully saturated rings. The summed E-state index contributed by atoms with van der Waals surface area (Å²) in [6.45, 7) is 2.92. The van der Waals surface area contributed by atoms with E-state index in [4.69, 9.17) is 16.3 Å². The number of hydrogen-bond acceptors (Lipinski definition) is 5. The number of carbonyl (C=O) groups excluding carboxylic acids is 1. The molecule has 1 N–H and O–H groups in total. The first-order chi connectivity index (χ1) is 15.0. The van der Waals surface area contributed by atoms with Crippen LogP contribution >= 0.6 is 11.6 Å². The van der Waals surface area contributed by atoms with Crippen LogP contribution in [0.2, 0.25) is 5.02 Å². The van der Waals surface area contributed by atoms with Gasteiger partial charge in [-0.2, -0.15) is 4.98 Å². The monoisotopic (exact) mass is 439 g/mol. The number of methoxy groups -OCH3 is 1. The topological polar surface area (TPSA) is 73.2 Å². The number of halogens is 1. The van der Waals surface area contributed by atoms with Crippen LogP contribution in [-0.2, 0) is 22.5 Å². The third kappa shape index (κ3) is 6.26. The zero-order valence-electron chi connectivity index (χ0n) is 17.7. The molecule has 1 aromatic heterocycles. The summed E-state index contributed by atoms with van der Waals surface area (Å²) < 4.78 is 6.85. The van der Waals surface area contributed by atoms with E-state index in [0.717, 1.165) is 16.8 Å². The number of nitrogens with one attached hydrogen (secondary N) is 1. The zero-order chi connectivity index (χ0) is 22.2. The molecule has 0 saturated heterocycles. The van der Waals surface area contributed by atoms with Crippen molar-refractivity contribution in [3.05, 3.63) is 86.8 Å². The summed E-state index contributed by atoms with van der Waals surface area (Å²) >= 11 is 6.24. The molecule has 7 heteroatoms. The van der Waals surface area contributed by atoms with E-state index in [9.17, 15) is 9.59 Å². The molecular formula is C24H26ClN3O3. The number of hydrogen-bond donors (Lipinski definition) is 1. The van der Waals surface area contributed by atoms with Gasteiger partial charge in [0.25, 0.3) is 5.56 Å². The number of rotatable bonds is 10. The van der Waals surface area contributed by atoms with Gasteiger partial charge in [0.15, 0.2) is 0 Å². The molecule has 6 nitrogen and oxygen atoms in total. The van der Waals surface area contributed by atoms with Gasteiger partial charge in [0.2, 0.25) is 5.95 Å². The van der Waals surface area contributed by atoms with Gasteiger partial charge in [0.05, 0.1) is 6.54 Å². The fourth-order valence-electron chi connectivity index (χ4n) is 3.24. The van der Waals surface area contributed by atoms with Crippen LogP contribution in [0.15, 0.2) is 59.5 Å². The van der Waals surface area contributed by atoms with Crippen molar-refractivity contribution in [1.82, 2.24) is 9.55 Å². The van der Waals surface area contributed by atoms with Gasteiger partial charge in [-0.05, 0) is 36.6 Å². The van der Waals surface area contributed by atoms with Crippen molar-refractivity contribution in [2.75, 3.05) is 19.0 Å². The maximum atomic E-state index is 12.7. The smallest absolute Gasteiger partial charge is 0.278 e. The lowest BCUT2D eigenvalue weighted by Crippen LogP contribution is -2.23. The van der Waals surface area contributed by atoms with Crippen molar-refractivity contribution in [2.45, 2.75) is 32.7 Å². The van der Waals surface area contributed by atoms with E-state index >= 15 is 0 Å². The highest BCUT2D eigenvalue weighted by Crippen LogP contribution is 2.25. The van der Waals surface area contributed by atoms with Gasteiger partial charge in [-0.15, -0.1) is 0 Å². The predicted octanol–water partition coefficient (Wildman–Crippen LogP) is 4.54. The SMILES string of the molecule is COCCCC(=O)Cc1cn(Cc2ccccc2)c(Nc2cccc(Cl)c2C)nc1=O. The highest BCUT2D eigenvalue weighted by atomic mass is 35.5. The highest BCUT2D eigenvalue weighted by Gasteiger charge is 2.14. The Labute approximate surface area is 186 Å². The lowest BCUT2D eigenvalue weighted by molar-refractivity contribution is -0.118. The molecule has 0 atom stereocenters. The van der Waals surface area contributed by atoms with E-state index < -0.39 is 5.56 Å². The lowest BCUT2D eigenvalue weighted by Gasteiger charge is -2.17. The van der Waals surface area contributed by atoms with Crippen LogP contribution in [0.25, 0.3) is 0 Å². The second kappa shape index (κ2) is 10.9. The van der Waals surface area contributed by atoms with Crippen LogP contribution in [0.4, 0.5) is 11.6 Å². The second-order valence-electron chi connectivity index (χ2n) is 7.36. The molecule has 0 unspecified atom stereocenters. The molecule has 2 aromatic carbocycles. The van der Waals surface area contributed by atoms with Crippen molar-refractivity contribution in [2.24, 2.45) is 0 Å². The average Bonchev–Trinajstić information content (AvgIpc) is 2.75. The van der Waals surface area contributed by atoms with Crippen LogP contribution in [0.1, 0.15) is 29.5 Å². The zero-order valence-corrected chi connectivity index (χ0v) is 18.5. The predicted molar refractivity (Wildman–Crippen MR) is 123 cm³/mol. The number of carbonyl (C=O) groups is 1. The van der Waals surface area contributed by atoms with Crippen molar-refractivity contribution >= 4 is 29.0 Å². The minimum atomic E-state index is -0.411. The van der Waals surface area contributed by atoms with Gasteiger partial charge in [0.1, 0.15) is 5.78 Å². The Kier molecular flexibility index (Phi) is 7.98. The minimum Gasteiger partial charge on any atom is -0.385 e. The van der Waals surface area contributed by atoms with Crippen LogP contribution in [-0.4, -0.2) is 29.1 Å². The number of ketones is 1. The number of aromatic nitrogens is 2. The molecule has 1 heterocycles. The largest absolute Gasteiger partial charge is 0.385 e. The van der Waals surface area contributed by atoms with Gasteiger partial charge in [-0.25, -0.2) is 0 Å². The van der Waals surface area contributed by atoms with Crippen molar-refractivity contribution < 1.29 is 9.53 Å².